The molecule has 2 aromatic rings. The van der Waals surface area contributed by atoms with Gasteiger partial charge in [-0.15, -0.1) is 0 Å². The molecule has 0 N–H and O–H groups in total. The smallest absolute Gasteiger partial charge is 0.218 e. The van der Waals surface area contributed by atoms with Gasteiger partial charge in [-0.25, -0.2) is 9.97 Å². The average molecular weight is 334 g/mol. The van der Waals surface area contributed by atoms with Crippen molar-refractivity contribution in [2.75, 3.05) is 37.7 Å². The van der Waals surface area contributed by atoms with Crippen LogP contribution in [0, 0.1) is 0 Å². The van der Waals surface area contributed by atoms with Crippen molar-refractivity contribution in [1.82, 2.24) is 19.9 Å². The minimum atomic E-state index is 0.609. The van der Waals surface area contributed by atoms with E-state index in [1.165, 1.54) is 0 Å². The van der Waals surface area contributed by atoms with Gasteiger partial charge in [-0.1, -0.05) is 11.6 Å². The molecule has 0 aliphatic carbocycles. The Morgan fingerprint density at radius 2 is 1.96 bits per heavy atom. The van der Waals surface area contributed by atoms with Gasteiger partial charge in [0.1, 0.15) is 12.1 Å². The Morgan fingerprint density at radius 3 is 2.65 bits per heavy atom. The summed E-state index contributed by atoms with van der Waals surface area (Å²) in [7, 11) is 0. The van der Waals surface area contributed by atoms with Crippen molar-refractivity contribution in [3.63, 3.8) is 0 Å². The number of pyridine rings is 1. The molecule has 0 spiro atoms. The first-order chi connectivity index (χ1) is 11.2. The fourth-order valence-electron chi connectivity index (χ4n) is 2.59. The monoisotopic (exact) mass is 333 g/mol. The van der Waals surface area contributed by atoms with Gasteiger partial charge in [-0.3, -0.25) is 9.88 Å². The molecule has 0 aromatic carbocycles. The third-order valence-electron chi connectivity index (χ3n) is 3.79. The molecule has 1 aliphatic rings. The van der Waals surface area contributed by atoms with E-state index in [2.05, 4.69) is 24.8 Å². The lowest BCUT2D eigenvalue weighted by atomic mass is 10.2. The second-order valence-electron chi connectivity index (χ2n) is 5.38. The van der Waals surface area contributed by atoms with E-state index in [1.807, 2.05) is 25.1 Å². The molecular formula is C16H20ClN5O. The van der Waals surface area contributed by atoms with Crippen molar-refractivity contribution in [2.24, 2.45) is 0 Å². The molecule has 0 amide bonds. The van der Waals surface area contributed by atoms with Crippen molar-refractivity contribution < 1.29 is 4.74 Å². The molecule has 122 valence electrons. The molecule has 6 nitrogen and oxygen atoms in total. The summed E-state index contributed by atoms with van der Waals surface area (Å²) in [5, 5.41) is 0.674. The first kappa shape index (κ1) is 16.0. The van der Waals surface area contributed by atoms with E-state index in [0.29, 0.717) is 17.5 Å². The molecule has 1 fully saturated rings. The predicted octanol–water partition coefficient (Wildman–Crippen LogP) is 2.25. The zero-order chi connectivity index (χ0) is 16.1. The van der Waals surface area contributed by atoms with Crippen LogP contribution in [0.2, 0.25) is 5.02 Å². The fourth-order valence-corrected chi connectivity index (χ4v) is 2.71. The molecule has 7 heteroatoms. The maximum Gasteiger partial charge on any atom is 0.218 e. The summed E-state index contributed by atoms with van der Waals surface area (Å²) < 4.78 is 5.44. The van der Waals surface area contributed by atoms with Gasteiger partial charge >= 0.3 is 0 Å². The first-order valence-electron chi connectivity index (χ1n) is 7.77. The van der Waals surface area contributed by atoms with E-state index in [4.69, 9.17) is 16.3 Å². The average Bonchev–Trinajstić information content (AvgIpc) is 2.58. The van der Waals surface area contributed by atoms with Gasteiger partial charge in [0.2, 0.25) is 5.88 Å². The summed E-state index contributed by atoms with van der Waals surface area (Å²) in [6.45, 7) is 7.20. The minimum absolute atomic E-state index is 0.609. The number of hydrogen-bond donors (Lipinski definition) is 0. The van der Waals surface area contributed by atoms with Gasteiger partial charge in [-0.05, 0) is 19.1 Å². The third kappa shape index (κ3) is 4.30. The number of anilines is 1. The Kier molecular flexibility index (Phi) is 5.25. The summed E-state index contributed by atoms with van der Waals surface area (Å²) in [5.41, 5.74) is 1.04. The number of piperazine rings is 1. The lowest BCUT2D eigenvalue weighted by Gasteiger charge is -2.35. The fraction of sp³-hybridized carbons (Fsp3) is 0.438. The number of halogens is 1. The minimum Gasteiger partial charge on any atom is -0.478 e. The summed E-state index contributed by atoms with van der Waals surface area (Å²) in [6, 6.07) is 5.77. The van der Waals surface area contributed by atoms with Crippen LogP contribution < -0.4 is 9.64 Å². The highest BCUT2D eigenvalue weighted by atomic mass is 35.5. The van der Waals surface area contributed by atoms with Crippen molar-refractivity contribution in [2.45, 2.75) is 13.5 Å². The Labute approximate surface area is 141 Å². The summed E-state index contributed by atoms with van der Waals surface area (Å²) >= 11 is 5.87. The van der Waals surface area contributed by atoms with Gasteiger partial charge in [0.25, 0.3) is 0 Å². The topological polar surface area (TPSA) is 54.4 Å². The van der Waals surface area contributed by atoms with E-state index in [-0.39, 0.29) is 0 Å². The standard InChI is InChI=1S/C16H20ClN5O/c1-2-23-16-9-15(19-12-20-16)22-7-5-21(6-8-22)11-14-4-3-13(17)10-18-14/h3-4,9-10,12H,2,5-8,11H2,1H3. The van der Waals surface area contributed by atoms with Crippen LogP contribution in [0.1, 0.15) is 12.6 Å². The van der Waals surface area contributed by atoms with E-state index < -0.39 is 0 Å². The highest BCUT2D eigenvalue weighted by molar-refractivity contribution is 6.30. The van der Waals surface area contributed by atoms with E-state index in [9.17, 15) is 0 Å². The molecule has 0 unspecified atom stereocenters. The quantitative estimate of drug-likeness (QED) is 0.836. The second kappa shape index (κ2) is 7.57. The van der Waals surface area contributed by atoms with Crippen LogP contribution >= 0.6 is 11.6 Å². The van der Waals surface area contributed by atoms with Crippen LogP contribution in [-0.4, -0.2) is 52.6 Å². The van der Waals surface area contributed by atoms with Crippen molar-refractivity contribution in [1.29, 1.82) is 0 Å². The molecule has 23 heavy (non-hydrogen) atoms. The van der Waals surface area contributed by atoms with Gasteiger partial charge in [-0.2, -0.15) is 0 Å². The largest absolute Gasteiger partial charge is 0.478 e. The Balaban J connectivity index is 1.55. The molecule has 1 aliphatic heterocycles. The van der Waals surface area contributed by atoms with E-state index >= 15 is 0 Å². The molecule has 0 saturated carbocycles. The molecule has 0 radical (unpaired) electrons. The van der Waals surface area contributed by atoms with Gasteiger partial charge in [0.15, 0.2) is 0 Å². The van der Waals surface area contributed by atoms with Crippen LogP contribution in [-0.2, 0) is 6.54 Å². The molecule has 2 aromatic heterocycles. The lowest BCUT2D eigenvalue weighted by Crippen LogP contribution is -2.46. The summed E-state index contributed by atoms with van der Waals surface area (Å²) in [5.74, 6) is 1.55. The van der Waals surface area contributed by atoms with Gasteiger partial charge in [0, 0.05) is 45.0 Å². The van der Waals surface area contributed by atoms with E-state index in [0.717, 1.165) is 44.2 Å². The zero-order valence-electron chi connectivity index (χ0n) is 13.2. The number of hydrogen-bond acceptors (Lipinski definition) is 6. The lowest BCUT2D eigenvalue weighted by molar-refractivity contribution is 0.246. The summed E-state index contributed by atoms with van der Waals surface area (Å²) in [4.78, 5) is 17.5. The summed E-state index contributed by atoms with van der Waals surface area (Å²) in [6.07, 6.45) is 3.26. The molecule has 0 atom stereocenters. The molecule has 3 heterocycles. The SMILES string of the molecule is CCOc1cc(N2CCN(Cc3ccc(Cl)cn3)CC2)ncn1. The number of aromatic nitrogens is 3. The number of rotatable bonds is 5. The Hall–Kier alpha value is -1.92. The van der Waals surface area contributed by atoms with Gasteiger partial charge in [0.05, 0.1) is 17.3 Å². The molecule has 1 saturated heterocycles. The van der Waals surface area contributed by atoms with Crippen molar-refractivity contribution in [3.8, 4) is 5.88 Å². The molecular weight excluding hydrogens is 314 g/mol. The number of nitrogens with zero attached hydrogens (tertiary/aromatic N) is 5. The Morgan fingerprint density at radius 1 is 1.13 bits per heavy atom. The predicted molar refractivity (Wildman–Crippen MR) is 89.9 cm³/mol. The maximum atomic E-state index is 5.87. The number of ether oxygens (including phenoxy) is 1. The van der Waals surface area contributed by atoms with Crippen LogP contribution in [0.15, 0.2) is 30.7 Å². The van der Waals surface area contributed by atoms with Crippen LogP contribution in [0.4, 0.5) is 5.82 Å². The van der Waals surface area contributed by atoms with Crippen LogP contribution in [0.25, 0.3) is 0 Å². The van der Waals surface area contributed by atoms with Crippen molar-refractivity contribution in [3.05, 3.63) is 41.4 Å². The van der Waals surface area contributed by atoms with Crippen molar-refractivity contribution >= 4 is 17.4 Å². The van der Waals surface area contributed by atoms with E-state index in [1.54, 1.807) is 12.5 Å². The maximum absolute atomic E-state index is 5.87. The Bertz CT molecular complexity index is 629. The van der Waals surface area contributed by atoms with Crippen LogP contribution in [0.5, 0.6) is 5.88 Å². The second-order valence-corrected chi connectivity index (χ2v) is 5.81. The van der Waals surface area contributed by atoms with Crippen LogP contribution in [0.3, 0.4) is 0 Å². The van der Waals surface area contributed by atoms with Gasteiger partial charge < -0.3 is 9.64 Å². The first-order valence-corrected chi connectivity index (χ1v) is 8.15. The molecule has 0 bridgehead atoms. The third-order valence-corrected chi connectivity index (χ3v) is 4.01. The zero-order valence-corrected chi connectivity index (χ0v) is 13.9. The highest BCUT2D eigenvalue weighted by Gasteiger charge is 2.19. The normalized spacial score (nSPS) is 15.7. The highest BCUT2D eigenvalue weighted by Crippen LogP contribution is 2.18. The molecule has 3 rings (SSSR count).